The number of nitrogens with one attached hydrogen (secondary N) is 1. The standard InChI is InChI=1S/C24H27F6N3O4S/c1-3-36-20-11-16-13-33(24(31)21(16)22(25)23(20)37-4-2)14-19(34)15-9-17(32-5-7-35-8-6-32)12-18(10-15)38(26,27,28,29)30/h9-12,31H,3-8,13-14H2,1-2H3. The monoisotopic (exact) mass is 567 g/mol. The van der Waals surface area contributed by atoms with Gasteiger partial charge in [0.05, 0.1) is 38.5 Å². The van der Waals surface area contributed by atoms with Crippen molar-refractivity contribution in [3.8, 4) is 11.5 Å². The summed E-state index contributed by atoms with van der Waals surface area (Å²) in [5.74, 6) is -2.25. The highest BCUT2D eigenvalue weighted by Crippen LogP contribution is 3.02. The average Bonchev–Trinajstić information content (AvgIpc) is 3.15. The third-order valence-electron chi connectivity index (χ3n) is 6.14. The van der Waals surface area contributed by atoms with Crippen LogP contribution in [0, 0.1) is 11.2 Å². The van der Waals surface area contributed by atoms with E-state index in [0.29, 0.717) is 11.6 Å². The molecule has 0 spiro atoms. The first kappa shape index (κ1) is 27.9. The predicted octanol–water partition coefficient (Wildman–Crippen LogP) is 6.14. The Morgan fingerprint density at radius 2 is 1.68 bits per heavy atom. The van der Waals surface area contributed by atoms with E-state index in [1.807, 2.05) is 0 Å². The Morgan fingerprint density at radius 3 is 2.29 bits per heavy atom. The molecule has 2 aliphatic heterocycles. The fourth-order valence-corrected chi connectivity index (χ4v) is 5.09. The Hall–Kier alpha value is -3.13. The number of nitrogens with zero attached hydrogens (tertiary/aromatic N) is 2. The zero-order chi connectivity index (χ0) is 27.9. The molecular weight excluding hydrogens is 540 g/mol. The zero-order valence-electron chi connectivity index (χ0n) is 20.7. The van der Waals surface area contributed by atoms with Gasteiger partial charge in [-0.3, -0.25) is 10.2 Å². The number of amidine groups is 1. The van der Waals surface area contributed by atoms with E-state index in [4.69, 9.17) is 19.6 Å². The average molecular weight is 568 g/mol. The fraction of sp³-hybridized carbons (Fsp3) is 0.417. The van der Waals surface area contributed by atoms with E-state index in [-0.39, 0.29) is 80.7 Å². The molecule has 2 aromatic carbocycles. The number of hydrogen-bond donors (Lipinski definition) is 1. The van der Waals surface area contributed by atoms with Crippen LogP contribution in [-0.2, 0) is 11.3 Å². The van der Waals surface area contributed by atoms with Gasteiger partial charge in [-0.25, -0.2) is 4.39 Å². The van der Waals surface area contributed by atoms with Crippen molar-refractivity contribution in [3.05, 3.63) is 46.8 Å². The van der Waals surface area contributed by atoms with Crippen molar-refractivity contribution in [2.45, 2.75) is 25.3 Å². The molecule has 0 amide bonds. The van der Waals surface area contributed by atoms with Gasteiger partial charge in [-0.05, 0) is 43.7 Å². The van der Waals surface area contributed by atoms with E-state index in [1.54, 1.807) is 13.8 Å². The highest BCUT2D eigenvalue weighted by atomic mass is 32.5. The maximum Gasteiger partial charge on any atom is 0.310 e. The molecule has 0 aliphatic carbocycles. The Bertz CT molecular complexity index is 1280. The number of anilines is 1. The zero-order valence-corrected chi connectivity index (χ0v) is 21.5. The van der Waals surface area contributed by atoms with Crippen LogP contribution >= 0.6 is 10.2 Å². The lowest BCUT2D eigenvalue weighted by atomic mass is 10.1. The molecule has 7 nitrogen and oxygen atoms in total. The number of rotatable bonds is 9. The minimum Gasteiger partial charge on any atom is -0.490 e. The van der Waals surface area contributed by atoms with Crippen molar-refractivity contribution in [2.24, 2.45) is 0 Å². The van der Waals surface area contributed by atoms with Crippen molar-refractivity contribution in [3.63, 3.8) is 0 Å². The van der Waals surface area contributed by atoms with Crippen LogP contribution in [0.25, 0.3) is 0 Å². The third kappa shape index (κ3) is 5.65. The van der Waals surface area contributed by atoms with Crippen molar-refractivity contribution in [1.29, 1.82) is 5.41 Å². The van der Waals surface area contributed by atoms with Crippen LogP contribution in [0.5, 0.6) is 11.5 Å². The molecule has 2 aliphatic rings. The Kier molecular flexibility index (Phi) is 6.80. The van der Waals surface area contributed by atoms with Crippen LogP contribution < -0.4 is 14.4 Å². The van der Waals surface area contributed by atoms with Gasteiger partial charge in [-0.2, -0.15) is 0 Å². The first-order valence-electron chi connectivity index (χ1n) is 11.8. The molecule has 1 N–H and O–H groups in total. The molecule has 14 heteroatoms. The molecule has 1 saturated heterocycles. The number of morpholine rings is 1. The van der Waals surface area contributed by atoms with Gasteiger partial charge in [0.1, 0.15) is 10.7 Å². The molecule has 0 radical (unpaired) electrons. The Balaban J connectivity index is 1.67. The normalized spacial score (nSPS) is 17.6. The van der Waals surface area contributed by atoms with Gasteiger partial charge in [0.2, 0.25) is 0 Å². The smallest absolute Gasteiger partial charge is 0.310 e. The van der Waals surface area contributed by atoms with E-state index in [9.17, 15) is 24.2 Å². The molecule has 0 saturated carbocycles. The van der Waals surface area contributed by atoms with Crippen LogP contribution in [0.3, 0.4) is 0 Å². The van der Waals surface area contributed by atoms with Gasteiger partial charge in [-0.15, -0.1) is 0 Å². The highest BCUT2D eigenvalue weighted by molar-refractivity contribution is 8.45. The topological polar surface area (TPSA) is 75.1 Å². The van der Waals surface area contributed by atoms with Crippen molar-refractivity contribution in [2.75, 3.05) is 51.0 Å². The third-order valence-corrected chi connectivity index (χ3v) is 7.27. The summed E-state index contributed by atoms with van der Waals surface area (Å²) in [7, 11) is -10.1. The number of hydrogen-bond acceptors (Lipinski definition) is 6. The van der Waals surface area contributed by atoms with Crippen LogP contribution in [0.1, 0.15) is 35.3 Å². The van der Waals surface area contributed by atoms with Gasteiger partial charge in [0.25, 0.3) is 0 Å². The molecule has 0 bridgehead atoms. The lowest BCUT2D eigenvalue weighted by Crippen LogP contribution is -2.36. The minimum atomic E-state index is -10.1. The number of ether oxygens (including phenoxy) is 3. The van der Waals surface area contributed by atoms with Crippen LogP contribution in [0.2, 0.25) is 0 Å². The number of carbonyl (C=O) groups is 1. The number of halogens is 6. The summed E-state index contributed by atoms with van der Waals surface area (Å²) in [4.78, 5) is 13.5. The van der Waals surface area contributed by atoms with Crippen molar-refractivity contribution < 1.29 is 42.8 Å². The van der Waals surface area contributed by atoms with Gasteiger partial charge >= 0.3 is 10.2 Å². The number of Topliss-reactive ketones (excluding diaryl/α,β-unsaturated/α-hetero) is 1. The fourth-order valence-electron chi connectivity index (χ4n) is 4.39. The first-order valence-corrected chi connectivity index (χ1v) is 13.8. The van der Waals surface area contributed by atoms with E-state index in [2.05, 4.69) is 0 Å². The summed E-state index contributed by atoms with van der Waals surface area (Å²) in [6.45, 7) is 3.63. The van der Waals surface area contributed by atoms with Crippen LogP contribution in [-0.4, -0.2) is 62.6 Å². The summed E-state index contributed by atoms with van der Waals surface area (Å²) in [5.41, 5.74) is -0.580. The van der Waals surface area contributed by atoms with Crippen LogP contribution in [0.4, 0.5) is 29.5 Å². The Morgan fingerprint density at radius 1 is 1.03 bits per heavy atom. The molecule has 1 fully saturated rings. The van der Waals surface area contributed by atoms with E-state index >= 15 is 4.39 Å². The molecular formula is C24H27F6N3O4S. The summed E-state index contributed by atoms with van der Waals surface area (Å²) in [6, 6.07) is 3.09. The van der Waals surface area contributed by atoms with Gasteiger partial charge < -0.3 is 24.0 Å². The number of ketones is 1. The Labute approximate surface area is 215 Å². The van der Waals surface area contributed by atoms with E-state index < -0.39 is 38.8 Å². The molecule has 4 rings (SSSR count). The summed E-state index contributed by atoms with van der Waals surface area (Å²) in [5, 5.41) is 8.41. The lowest BCUT2D eigenvalue weighted by Gasteiger charge is -2.41. The molecule has 210 valence electrons. The second-order valence-electron chi connectivity index (χ2n) is 8.83. The number of benzene rings is 2. The molecule has 38 heavy (non-hydrogen) atoms. The number of fused-ring (bicyclic) bond motifs is 1. The van der Waals surface area contributed by atoms with Crippen LogP contribution in [0.15, 0.2) is 29.2 Å². The molecule has 0 unspecified atom stereocenters. The summed E-state index contributed by atoms with van der Waals surface area (Å²) in [6.07, 6.45) is 0. The molecule has 2 heterocycles. The molecule has 0 aromatic heterocycles. The second kappa shape index (κ2) is 9.26. The minimum absolute atomic E-state index is 0.110. The van der Waals surface area contributed by atoms with Crippen molar-refractivity contribution in [1.82, 2.24) is 4.90 Å². The quantitative estimate of drug-likeness (QED) is 0.290. The molecule has 2 aromatic rings. The SMILES string of the molecule is CCOc1cc2c(c(F)c1OCC)C(=N)N(CC(=O)c1cc(N3CCOCC3)cc(S(F)(F)(F)(F)F)c1)C2. The number of carbonyl (C=O) groups excluding carboxylic acids is 1. The maximum atomic E-state index is 15.3. The predicted molar refractivity (Wildman–Crippen MR) is 131 cm³/mol. The lowest BCUT2D eigenvalue weighted by molar-refractivity contribution is 0.0962. The largest absolute Gasteiger partial charge is 0.490 e. The maximum absolute atomic E-state index is 15.3. The van der Waals surface area contributed by atoms with E-state index in [1.165, 1.54) is 11.0 Å². The summed E-state index contributed by atoms with van der Waals surface area (Å²) < 4.78 is 100. The second-order valence-corrected chi connectivity index (χ2v) is 11.2. The van der Waals surface area contributed by atoms with Crippen molar-refractivity contribution >= 4 is 27.5 Å². The van der Waals surface area contributed by atoms with Gasteiger partial charge in [-0.1, -0.05) is 19.4 Å². The van der Waals surface area contributed by atoms with Gasteiger partial charge in [0, 0.05) is 30.9 Å². The summed E-state index contributed by atoms with van der Waals surface area (Å²) >= 11 is 0. The van der Waals surface area contributed by atoms with E-state index in [0.717, 1.165) is 11.0 Å². The molecule has 0 atom stereocenters. The van der Waals surface area contributed by atoms with Gasteiger partial charge in [0.15, 0.2) is 23.1 Å². The first-order chi connectivity index (χ1) is 17.6. The highest BCUT2D eigenvalue weighted by Gasteiger charge is 2.65.